The van der Waals surface area contributed by atoms with E-state index in [1.807, 2.05) is 0 Å². The van der Waals surface area contributed by atoms with Crippen molar-refractivity contribution in [2.45, 2.75) is 46.5 Å². The Hall–Kier alpha value is -0.850. The fraction of sp³-hybridized carbons (Fsp3) is 0.944. The lowest BCUT2D eigenvalue weighted by Gasteiger charge is -2.29. The van der Waals surface area contributed by atoms with Crippen molar-refractivity contribution in [1.82, 2.24) is 15.5 Å². The van der Waals surface area contributed by atoms with Gasteiger partial charge in [0.15, 0.2) is 5.96 Å². The standard InChI is InChI=1S/C18H40N4O2/c1-6-18(7-2,10-14-23)16-21-17(19-8-3)20-11-9-12-22(4)13-15-24-5/h23H,6-16H2,1-5H3,(H2,19,20,21). The van der Waals surface area contributed by atoms with Crippen LogP contribution in [0.5, 0.6) is 0 Å². The Kier molecular flexibility index (Phi) is 14.0. The molecule has 6 heteroatoms. The van der Waals surface area contributed by atoms with E-state index in [0.29, 0.717) is 0 Å². The highest BCUT2D eigenvalue weighted by Gasteiger charge is 2.25. The van der Waals surface area contributed by atoms with Gasteiger partial charge in [0.2, 0.25) is 0 Å². The number of hydrogen-bond donors (Lipinski definition) is 3. The second kappa shape index (κ2) is 14.5. The number of ether oxygens (including phenoxy) is 1. The van der Waals surface area contributed by atoms with Crippen molar-refractivity contribution in [3.8, 4) is 0 Å². The molecule has 0 aliphatic carbocycles. The highest BCUT2D eigenvalue weighted by atomic mass is 16.5. The van der Waals surface area contributed by atoms with Gasteiger partial charge in [-0.15, -0.1) is 0 Å². The molecular formula is C18H40N4O2. The molecule has 144 valence electrons. The molecule has 0 amide bonds. The zero-order valence-corrected chi connectivity index (χ0v) is 16.5. The molecule has 3 N–H and O–H groups in total. The van der Waals surface area contributed by atoms with Crippen LogP contribution in [0.3, 0.4) is 0 Å². The van der Waals surface area contributed by atoms with E-state index in [-0.39, 0.29) is 12.0 Å². The van der Waals surface area contributed by atoms with Gasteiger partial charge in [-0.2, -0.15) is 0 Å². The molecule has 0 rings (SSSR count). The van der Waals surface area contributed by atoms with Gasteiger partial charge in [0.05, 0.1) is 6.61 Å². The normalized spacial score (nSPS) is 12.7. The molecule has 24 heavy (non-hydrogen) atoms. The summed E-state index contributed by atoms with van der Waals surface area (Å²) in [7, 11) is 3.85. The molecule has 0 unspecified atom stereocenters. The van der Waals surface area contributed by atoms with E-state index in [4.69, 9.17) is 9.73 Å². The van der Waals surface area contributed by atoms with E-state index in [9.17, 15) is 5.11 Å². The third-order valence-electron chi connectivity index (χ3n) is 4.75. The van der Waals surface area contributed by atoms with Crippen LogP contribution in [0.1, 0.15) is 46.5 Å². The van der Waals surface area contributed by atoms with Crippen molar-refractivity contribution in [2.24, 2.45) is 10.4 Å². The molecule has 0 radical (unpaired) electrons. The third kappa shape index (κ3) is 10.1. The van der Waals surface area contributed by atoms with Crippen molar-refractivity contribution >= 4 is 5.96 Å². The van der Waals surface area contributed by atoms with E-state index in [1.165, 1.54) is 0 Å². The van der Waals surface area contributed by atoms with Gasteiger partial charge in [0.1, 0.15) is 0 Å². The third-order valence-corrected chi connectivity index (χ3v) is 4.75. The number of likely N-dealkylation sites (N-methyl/N-ethyl adjacent to an activating group) is 1. The van der Waals surface area contributed by atoms with Crippen LogP contribution in [-0.2, 0) is 4.74 Å². The van der Waals surface area contributed by atoms with Crippen molar-refractivity contribution in [3.63, 3.8) is 0 Å². The highest BCUT2D eigenvalue weighted by molar-refractivity contribution is 5.79. The number of methoxy groups -OCH3 is 1. The molecule has 0 bridgehead atoms. The Morgan fingerprint density at radius 2 is 1.88 bits per heavy atom. The number of aliphatic hydroxyl groups excluding tert-OH is 1. The first-order valence-electron chi connectivity index (χ1n) is 9.38. The lowest BCUT2D eigenvalue weighted by Crippen LogP contribution is -2.40. The monoisotopic (exact) mass is 344 g/mol. The van der Waals surface area contributed by atoms with Crippen LogP contribution in [0.25, 0.3) is 0 Å². The first-order chi connectivity index (χ1) is 11.6. The molecule has 0 saturated heterocycles. The van der Waals surface area contributed by atoms with E-state index in [0.717, 1.165) is 71.0 Å². The Balaban J connectivity index is 4.36. The van der Waals surface area contributed by atoms with Crippen LogP contribution in [0.4, 0.5) is 0 Å². The zero-order valence-electron chi connectivity index (χ0n) is 16.5. The smallest absolute Gasteiger partial charge is 0.191 e. The molecule has 0 aromatic rings. The van der Waals surface area contributed by atoms with Crippen LogP contribution in [0.15, 0.2) is 4.99 Å². The molecule has 0 atom stereocenters. The lowest BCUT2D eigenvalue weighted by atomic mass is 9.79. The largest absolute Gasteiger partial charge is 0.396 e. The summed E-state index contributed by atoms with van der Waals surface area (Å²) in [6.45, 7) is 12.0. The van der Waals surface area contributed by atoms with Crippen molar-refractivity contribution < 1.29 is 9.84 Å². The van der Waals surface area contributed by atoms with Gasteiger partial charge >= 0.3 is 0 Å². The molecule has 0 aromatic carbocycles. The Labute approximate surface area is 149 Å². The Bertz CT molecular complexity index is 320. The Morgan fingerprint density at radius 3 is 2.42 bits per heavy atom. The number of nitrogens with one attached hydrogen (secondary N) is 2. The van der Waals surface area contributed by atoms with Gasteiger partial charge < -0.3 is 25.4 Å². The van der Waals surface area contributed by atoms with Gasteiger partial charge in [-0.05, 0) is 51.6 Å². The summed E-state index contributed by atoms with van der Waals surface area (Å²) < 4.78 is 5.09. The summed E-state index contributed by atoms with van der Waals surface area (Å²) >= 11 is 0. The number of aliphatic hydroxyl groups is 1. The van der Waals surface area contributed by atoms with Crippen LogP contribution in [-0.4, -0.2) is 76.1 Å². The molecule has 6 nitrogen and oxygen atoms in total. The summed E-state index contributed by atoms with van der Waals surface area (Å²) in [5.41, 5.74) is 0.109. The molecule has 0 fully saturated rings. The van der Waals surface area contributed by atoms with E-state index >= 15 is 0 Å². The molecule has 0 heterocycles. The molecule has 0 spiro atoms. The molecule has 0 saturated carbocycles. The van der Waals surface area contributed by atoms with Crippen LogP contribution >= 0.6 is 0 Å². The average Bonchev–Trinajstić information content (AvgIpc) is 2.60. The van der Waals surface area contributed by atoms with Gasteiger partial charge in [0.25, 0.3) is 0 Å². The predicted molar refractivity (Wildman–Crippen MR) is 103 cm³/mol. The van der Waals surface area contributed by atoms with Crippen molar-refractivity contribution in [2.75, 3.05) is 60.1 Å². The molecular weight excluding hydrogens is 304 g/mol. The van der Waals surface area contributed by atoms with E-state index in [1.54, 1.807) is 7.11 Å². The van der Waals surface area contributed by atoms with Gasteiger partial charge in [-0.3, -0.25) is 4.99 Å². The van der Waals surface area contributed by atoms with Gasteiger partial charge in [-0.25, -0.2) is 0 Å². The maximum absolute atomic E-state index is 9.33. The number of aliphatic imine (C=N–C) groups is 1. The lowest BCUT2D eigenvalue weighted by molar-refractivity contribution is 0.161. The van der Waals surface area contributed by atoms with E-state index in [2.05, 4.69) is 43.4 Å². The van der Waals surface area contributed by atoms with Crippen LogP contribution in [0.2, 0.25) is 0 Å². The van der Waals surface area contributed by atoms with Crippen molar-refractivity contribution in [3.05, 3.63) is 0 Å². The fourth-order valence-electron chi connectivity index (χ4n) is 2.65. The molecule has 0 aliphatic heterocycles. The predicted octanol–water partition coefficient (Wildman–Crippen LogP) is 1.70. The maximum Gasteiger partial charge on any atom is 0.191 e. The van der Waals surface area contributed by atoms with Crippen LogP contribution in [0, 0.1) is 5.41 Å². The maximum atomic E-state index is 9.33. The summed E-state index contributed by atoms with van der Waals surface area (Å²) in [4.78, 5) is 7.04. The first-order valence-corrected chi connectivity index (χ1v) is 9.38. The van der Waals surface area contributed by atoms with Gasteiger partial charge in [0, 0.05) is 39.9 Å². The summed E-state index contributed by atoms with van der Waals surface area (Å²) in [5, 5.41) is 16.1. The number of guanidine groups is 1. The summed E-state index contributed by atoms with van der Waals surface area (Å²) in [6, 6.07) is 0. The van der Waals surface area contributed by atoms with Crippen LogP contribution < -0.4 is 10.6 Å². The minimum Gasteiger partial charge on any atom is -0.396 e. The fourth-order valence-corrected chi connectivity index (χ4v) is 2.65. The second-order valence-corrected chi connectivity index (χ2v) is 6.45. The second-order valence-electron chi connectivity index (χ2n) is 6.45. The topological polar surface area (TPSA) is 69.1 Å². The quantitative estimate of drug-likeness (QED) is 0.254. The molecule has 0 aromatic heterocycles. The van der Waals surface area contributed by atoms with Crippen molar-refractivity contribution in [1.29, 1.82) is 0 Å². The zero-order chi connectivity index (χ0) is 18.3. The average molecular weight is 345 g/mol. The number of rotatable bonds is 14. The summed E-state index contributed by atoms with van der Waals surface area (Å²) in [6.07, 6.45) is 3.95. The molecule has 0 aliphatic rings. The van der Waals surface area contributed by atoms with Gasteiger partial charge in [-0.1, -0.05) is 13.8 Å². The minimum absolute atomic E-state index is 0.109. The number of nitrogens with zero attached hydrogens (tertiary/aromatic N) is 2. The number of hydrogen-bond acceptors (Lipinski definition) is 4. The summed E-state index contributed by atoms with van der Waals surface area (Å²) in [5.74, 6) is 0.876. The Morgan fingerprint density at radius 1 is 1.17 bits per heavy atom. The highest BCUT2D eigenvalue weighted by Crippen LogP contribution is 2.30. The van der Waals surface area contributed by atoms with E-state index < -0.39 is 0 Å². The SMILES string of the molecule is CCNC(=NCC(CC)(CC)CCO)NCCCN(C)CCOC. The first kappa shape index (κ1) is 23.1. The minimum atomic E-state index is 0.109.